The summed E-state index contributed by atoms with van der Waals surface area (Å²) in [5.74, 6) is 1.13. The van der Waals surface area contributed by atoms with Gasteiger partial charge in [0.1, 0.15) is 16.9 Å². The van der Waals surface area contributed by atoms with Gasteiger partial charge in [-0.1, -0.05) is 0 Å². The van der Waals surface area contributed by atoms with E-state index in [1.807, 2.05) is 6.07 Å². The topological polar surface area (TPSA) is 77.7 Å². The van der Waals surface area contributed by atoms with E-state index >= 15 is 0 Å². The van der Waals surface area contributed by atoms with E-state index in [4.69, 9.17) is 4.74 Å². The molecule has 3 heterocycles. The third-order valence-electron chi connectivity index (χ3n) is 3.75. The van der Waals surface area contributed by atoms with Crippen molar-refractivity contribution in [1.29, 1.82) is 0 Å². The quantitative estimate of drug-likeness (QED) is 0.812. The number of phenols is 1. The lowest BCUT2D eigenvalue weighted by Gasteiger charge is -2.15. The molecule has 1 fully saturated rings. The van der Waals surface area contributed by atoms with Gasteiger partial charge in [-0.05, 0) is 36.6 Å². The number of nitrogens with zero attached hydrogens (tertiary/aromatic N) is 2. The highest BCUT2D eigenvalue weighted by Gasteiger charge is 2.46. The Kier molecular flexibility index (Phi) is 2.83. The van der Waals surface area contributed by atoms with Crippen molar-refractivity contribution < 1.29 is 14.9 Å². The molecule has 0 bridgehead atoms. The third kappa shape index (κ3) is 2.13. The van der Waals surface area contributed by atoms with Crippen molar-refractivity contribution in [2.75, 3.05) is 5.75 Å². The van der Waals surface area contributed by atoms with Crippen molar-refractivity contribution in [3.63, 3.8) is 0 Å². The van der Waals surface area contributed by atoms with Crippen LogP contribution in [0.2, 0.25) is 0 Å². The second kappa shape index (κ2) is 4.58. The molecule has 2 N–H and O–H groups in total. The van der Waals surface area contributed by atoms with Gasteiger partial charge in [-0.2, -0.15) is 0 Å². The first-order valence-corrected chi connectivity index (χ1v) is 7.63. The Hall–Kier alpha value is -1.37. The molecule has 2 unspecified atom stereocenters. The van der Waals surface area contributed by atoms with Gasteiger partial charge in [0.2, 0.25) is 0 Å². The summed E-state index contributed by atoms with van der Waals surface area (Å²) in [6.07, 6.45) is 0.937. The highest BCUT2D eigenvalue weighted by molar-refractivity contribution is 8.16. The Bertz CT molecular complexity index is 629. The van der Waals surface area contributed by atoms with Crippen molar-refractivity contribution >= 4 is 28.2 Å². The van der Waals surface area contributed by atoms with E-state index in [-0.39, 0.29) is 17.9 Å². The molecule has 1 aromatic rings. The number of aliphatic hydroxyl groups excluding tert-OH is 1. The summed E-state index contributed by atoms with van der Waals surface area (Å²) in [5.41, 5.74) is 3.00. The number of thioether (sulfide) groups is 1. The van der Waals surface area contributed by atoms with Crippen molar-refractivity contribution in [2.45, 2.75) is 31.3 Å². The van der Waals surface area contributed by atoms with Crippen molar-refractivity contribution in [3.05, 3.63) is 23.8 Å². The van der Waals surface area contributed by atoms with Crippen LogP contribution in [-0.2, 0) is 11.2 Å². The van der Waals surface area contributed by atoms with Gasteiger partial charge in [-0.25, -0.2) is 0 Å². The Balaban J connectivity index is 1.59. The van der Waals surface area contributed by atoms with Gasteiger partial charge in [0.15, 0.2) is 6.29 Å². The minimum absolute atomic E-state index is 0.0499. The Morgan fingerprint density at radius 2 is 2.15 bits per heavy atom. The molecule has 0 amide bonds. The minimum Gasteiger partial charge on any atom is -0.508 e. The summed E-state index contributed by atoms with van der Waals surface area (Å²) in [4.78, 5) is 9.28. The lowest BCUT2D eigenvalue weighted by atomic mass is 10.0. The number of aryl methyl sites for hydroxylation is 1. The number of hydrogen-bond acceptors (Lipinski definition) is 6. The standard InChI is InChI=1S/C14H14N2O3S/c17-8-2-4-9-7(5-8)1-3-10(15-9)13-16-11(6-20-13)12-14(18)19-12/h2,4-5,11-12,14,17-18H,1,3,6H2/t11?,12-,14?/m1/s1. The van der Waals surface area contributed by atoms with Gasteiger partial charge >= 0.3 is 0 Å². The average Bonchev–Trinajstić information content (AvgIpc) is 3.00. The summed E-state index contributed by atoms with van der Waals surface area (Å²) in [6, 6.07) is 5.33. The van der Waals surface area contributed by atoms with Crippen LogP contribution in [0.3, 0.4) is 0 Å². The van der Waals surface area contributed by atoms with Crippen LogP contribution >= 0.6 is 11.8 Å². The van der Waals surface area contributed by atoms with Crippen LogP contribution in [0.25, 0.3) is 0 Å². The molecule has 5 nitrogen and oxygen atoms in total. The zero-order valence-corrected chi connectivity index (χ0v) is 11.5. The predicted octanol–water partition coefficient (Wildman–Crippen LogP) is 1.64. The molecule has 1 saturated heterocycles. The van der Waals surface area contributed by atoms with Crippen molar-refractivity contribution in [2.24, 2.45) is 9.98 Å². The van der Waals surface area contributed by atoms with Gasteiger partial charge in [0.05, 0.1) is 17.4 Å². The van der Waals surface area contributed by atoms with Crippen LogP contribution in [0.15, 0.2) is 28.2 Å². The molecule has 0 radical (unpaired) electrons. The van der Waals surface area contributed by atoms with Crippen LogP contribution in [0.1, 0.15) is 12.0 Å². The van der Waals surface area contributed by atoms with E-state index < -0.39 is 6.29 Å². The van der Waals surface area contributed by atoms with E-state index in [2.05, 4.69) is 9.98 Å². The molecule has 0 aromatic heterocycles. The molecule has 3 aliphatic heterocycles. The highest BCUT2D eigenvalue weighted by Crippen LogP contribution is 2.35. The Morgan fingerprint density at radius 3 is 2.95 bits per heavy atom. The summed E-state index contributed by atoms with van der Waals surface area (Å²) < 4.78 is 5.07. The fraction of sp³-hybridized carbons (Fsp3) is 0.429. The smallest absolute Gasteiger partial charge is 0.184 e. The second-order valence-corrected chi connectivity index (χ2v) is 6.18. The summed E-state index contributed by atoms with van der Waals surface area (Å²) in [6.45, 7) is 0. The van der Waals surface area contributed by atoms with E-state index in [1.54, 1.807) is 23.9 Å². The SMILES string of the molecule is Oc1ccc2c(c1)CCC(C1=NC([C@H]3OC3O)CS1)=N2. The molecule has 104 valence electrons. The van der Waals surface area contributed by atoms with E-state index in [0.29, 0.717) is 0 Å². The Labute approximate surface area is 120 Å². The first-order valence-electron chi connectivity index (χ1n) is 6.65. The number of fused-ring (bicyclic) bond motifs is 1. The van der Waals surface area contributed by atoms with Gasteiger partial charge in [0, 0.05) is 5.75 Å². The third-order valence-corrected chi connectivity index (χ3v) is 4.87. The van der Waals surface area contributed by atoms with Gasteiger partial charge < -0.3 is 14.9 Å². The van der Waals surface area contributed by atoms with Crippen molar-refractivity contribution in [1.82, 2.24) is 0 Å². The maximum atomic E-state index is 9.48. The Morgan fingerprint density at radius 1 is 1.30 bits per heavy atom. The van der Waals surface area contributed by atoms with Crippen LogP contribution in [0, 0.1) is 0 Å². The maximum absolute atomic E-state index is 9.48. The van der Waals surface area contributed by atoms with Gasteiger partial charge in [-0.3, -0.25) is 9.98 Å². The number of rotatable bonds is 2. The molecule has 3 atom stereocenters. The van der Waals surface area contributed by atoms with Crippen LogP contribution in [0.4, 0.5) is 5.69 Å². The summed E-state index contributed by atoms with van der Waals surface area (Å²) in [7, 11) is 0. The predicted molar refractivity (Wildman–Crippen MR) is 78.1 cm³/mol. The molecule has 0 aliphatic carbocycles. The molecular formula is C14H14N2O3S. The first-order chi connectivity index (χ1) is 9.70. The molecule has 4 rings (SSSR count). The fourth-order valence-corrected chi connectivity index (χ4v) is 3.72. The number of phenolic OH excluding ortho intramolecular Hbond substituents is 1. The van der Waals surface area contributed by atoms with Crippen LogP contribution < -0.4 is 0 Å². The highest BCUT2D eigenvalue weighted by atomic mass is 32.2. The monoisotopic (exact) mass is 290 g/mol. The molecule has 6 heteroatoms. The van der Waals surface area contributed by atoms with Gasteiger partial charge in [-0.15, -0.1) is 11.8 Å². The second-order valence-electron chi connectivity index (χ2n) is 5.18. The molecular weight excluding hydrogens is 276 g/mol. The maximum Gasteiger partial charge on any atom is 0.184 e. The van der Waals surface area contributed by atoms with E-state index in [9.17, 15) is 10.2 Å². The first kappa shape index (κ1) is 12.4. The lowest BCUT2D eigenvalue weighted by Crippen LogP contribution is -2.15. The van der Waals surface area contributed by atoms with E-state index in [1.165, 1.54) is 0 Å². The van der Waals surface area contributed by atoms with E-state index in [0.717, 1.165) is 40.6 Å². The average molecular weight is 290 g/mol. The number of aliphatic hydroxyl groups is 1. The molecule has 0 spiro atoms. The minimum atomic E-state index is -0.638. The fourth-order valence-electron chi connectivity index (χ4n) is 2.60. The largest absolute Gasteiger partial charge is 0.508 e. The van der Waals surface area contributed by atoms with Crippen LogP contribution in [0.5, 0.6) is 5.75 Å². The number of ether oxygens (including phenoxy) is 1. The van der Waals surface area contributed by atoms with Gasteiger partial charge in [0.25, 0.3) is 0 Å². The molecule has 3 aliphatic rings. The number of epoxide rings is 1. The van der Waals surface area contributed by atoms with Crippen molar-refractivity contribution in [3.8, 4) is 5.75 Å². The van der Waals surface area contributed by atoms with Crippen LogP contribution in [-0.4, -0.2) is 45.2 Å². The summed E-state index contributed by atoms with van der Waals surface area (Å²) >= 11 is 1.68. The molecule has 1 aromatic carbocycles. The zero-order valence-electron chi connectivity index (χ0n) is 10.7. The number of hydrogen-bond donors (Lipinski definition) is 2. The zero-order chi connectivity index (χ0) is 13.7. The molecule has 0 saturated carbocycles. The summed E-state index contributed by atoms with van der Waals surface area (Å²) in [5, 5.41) is 19.7. The lowest BCUT2D eigenvalue weighted by molar-refractivity contribution is 0.156. The number of aromatic hydroxyl groups is 1. The number of aliphatic imine (C=N–C) groups is 2. The molecule has 20 heavy (non-hydrogen) atoms. The number of benzene rings is 1. The normalized spacial score (nSPS) is 31.6.